The van der Waals surface area contributed by atoms with Crippen LogP contribution < -0.4 is 5.56 Å². The molecule has 2 fully saturated rings. The Morgan fingerprint density at radius 3 is 2.96 bits per heavy atom. The average molecular weight is 346 g/mol. The molecule has 0 aliphatic carbocycles. The lowest BCUT2D eigenvalue weighted by atomic mass is 9.78. The van der Waals surface area contributed by atoms with Gasteiger partial charge in [0.15, 0.2) is 4.96 Å². The quantitative estimate of drug-likeness (QED) is 0.827. The van der Waals surface area contributed by atoms with E-state index in [4.69, 9.17) is 0 Å². The highest BCUT2D eigenvalue weighted by atomic mass is 32.1. The van der Waals surface area contributed by atoms with E-state index in [0.717, 1.165) is 54.4 Å². The predicted molar refractivity (Wildman–Crippen MR) is 93.3 cm³/mol. The monoisotopic (exact) mass is 346 g/mol. The van der Waals surface area contributed by atoms with Crippen LogP contribution in [0.2, 0.25) is 0 Å². The summed E-state index contributed by atoms with van der Waals surface area (Å²) < 4.78 is 1.61. The Hall–Kier alpha value is -1.73. The van der Waals surface area contributed by atoms with E-state index in [1.165, 1.54) is 11.3 Å². The van der Waals surface area contributed by atoms with E-state index in [-0.39, 0.29) is 16.9 Å². The van der Waals surface area contributed by atoms with Gasteiger partial charge in [-0.3, -0.25) is 18.9 Å². The summed E-state index contributed by atoms with van der Waals surface area (Å²) in [5.41, 5.74) is 0.559. The van der Waals surface area contributed by atoms with Gasteiger partial charge in [0.1, 0.15) is 0 Å². The second kappa shape index (κ2) is 5.67. The standard InChI is InChI=1S/C17H22N4O2S/c1-12-9-21-14(22)8-13(18-16(21)24-12)10-20-7-5-17(11-20)4-3-6-19(2)15(17)23/h8-9H,3-7,10-11H2,1-2H3/t17-/m1/s1. The fourth-order valence-electron chi connectivity index (χ4n) is 4.11. The van der Waals surface area contributed by atoms with Crippen LogP contribution in [0, 0.1) is 12.3 Å². The van der Waals surface area contributed by atoms with Crippen LogP contribution in [0.25, 0.3) is 4.96 Å². The van der Waals surface area contributed by atoms with Gasteiger partial charge in [-0.15, -0.1) is 11.3 Å². The summed E-state index contributed by atoms with van der Waals surface area (Å²) >= 11 is 1.53. The second-order valence-corrected chi connectivity index (χ2v) is 8.36. The van der Waals surface area contributed by atoms with E-state index in [1.54, 1.807) is 10.5 Å². The van der Waals surface area contributed by atoms with Crippen LogP contribution in [0.3, 0.4) is 0 Å². The van der Waals surface area contributed by atoms with Crippen molar-refractivity contribution >= 4 is 22.2 Å². The van der Waals surface area contributed by atoms with Crippen molar-refractivity contribution in [2.24, 2.45) is 5.41 Å². The molecule has 0 N–H and O–H groups in total. The molecular weight excluding hydrogens is 324 g/mol. The van der Waals surface area contributed by atoms with Crippen molar-refractivity contribution < 1.29 is 4.79 Å². The van der Waals surface area contributed by atoms with Crippen LogP contribution in [-0.4, -0.2) is 51.8 Å². The van der Waals surface area contributed by atoms with Crippen molar-refractivity contribution in [3.05, 3.63) is 33.2 Å². The largest absolute Gasteiger partial charge is 0.345 e. The molecule has 7 heteroatoms. The number of thiazole rings is 1. The zero-order valence-electron chi connectivity index (χ0n) is 14.1. The molecule has 1 atom stereocenters. The maximum Gasteiger partial charge on any atom is 0.258 e. The highest BCUT2D eigenvalue weighted by Crippen LogP contribution is 2.39. The Kier molecular flexibility index (Phi) is 3.73. The maximum atomic E-state index is 12.6. The molecule has 4 heterocycles. The van der Waals surface area contributed by atoms with E-state index < -0.39 is 0 Å². The van der Waals surface area contributed by atoms with Crippen LogP contribution in [0.5, 0.6) is 0 Å². The SMILES string of the molecule is Cc1cn2c(=O)cc(CN3CC[C@]4(CCCN(C)C4=O)C3)nc2s1. The van der Waals surface area contributed by atoms with Gasteiger partial charge in [0.05, 0.1) is 11.1 Å². The molecule has 24 heavy (non-hydrogen) atoms. The van der Waals surface area contributed by atoms with E-state index in [1.807, 2.05) is 25.1 Å². The van der Waals surface area contributed by atoms with Crippen molar-refractivity contribution in [3.8, 4) is 0 Å². The topological polar surface area (TPSA) is 57.9 Å². The molecule has 1 amide bonds. The summed E-state index contributed by atoms with van der Waals surface area (Å²) in [6, 6.07) is 1.62. The first kappa shape index (κ1) is 15.8. The molecule has 2 aromatic heterocycles. The summed E-state index contributed by atoms with van der Waals surface area (Å²) in [5.74, 6) is 0.286. The molecule has 0 aromatic carbocycles. The number of aryl methyl sites for hydroxylation is 1. The van der Waals surface area contributed by atoms with Crippen LogP contribution in [-0.2, 0) is 11.3 Å². The Morgan fingerprint density at radius 1 is 1.29 bits per heavy atom. The molecule has 0 saturated carbocycles. The molecule has 0 unspecified atom stereocenters. The number of fused-ring (bicyclic) bond motifs is 1. The smallest absolute Gasteiger partial charge is 0.258 e. The molecule has 4 rings (SSSR count). The van der Waals surface area contributed by atoms with Gasteiger partial charge in [0.25, 0.3) is 5.56 Å². The zero-order chi connectivity index (χ0) is 16.9. The number of nitrogens with zero attached hydrogens (tertiary/aromatic N) is 4. The number of amides is 1. The van der Waals surface area contributed by atoms with Gasteiger partial charge in [0, 0.05) is 43.8 Å². The van der Waals surface area contributed by atoms with Gasteiger partial charge in [-0.2, -0.15) is 0 Å². The first-order valence-corrected chi connectivity index (χ1v) is 9.25. The highest BCUT2D eigenvalue weighted by Gasteiger charge is 2.47. The van der Waals surface area contributed by atoms with Crippen molar-refractivity contribution in [3.63, 3.8) is 0 Å². The van der Waals surface area contributed by atoms with Crippen molar-refractivity contribution in [1.29, 1.82) is 0 Å². The Labute approximate surface area is 144 Å². The third kappa shape index (κ3) is 2.56. The number of hydrogen-bond donors (Lipinski definition) is 0. The number of hydrogen-bond acceptors (Lipinski definition) is 5. The van der Waals surface area contributed by atoms with Gasteiger partial charge < -0.3 is 4.90 Å². The lowest BCUT2D eigenvalue weighted by Crippen LogP contribution is -2.48. The van der Waals surface area contributed by atoms with Gasteiger partial charge in [-0.05, 0) is 32.7 Å². The minimum atomic E-state index is -0.217. The number of rotatable bonds is 2. The van der Waals surface area contributed by atoms with Crippen LogP contribution in [0.15, 0.2) is 17.1 Å². The number of aromatic nitrogens is 2. The number of piperidine rings is 1. The molecule has 0 radical (unpaired) electrons. The van der Waals surface area contributed by atoms with Gasteiger partial charge in [-0.1, -0.05) is 0 Å². The highest BCUT2D eigenvalue weighted by molar-refractivity contribution is 7.16. The van der Waals surface area contributed by atoms with E-state index in [0.29, 0.717) is 6.54 Å². The Morgan fingerprint density at radius 2 is 2.12 bits per heavy atom. The molecule has 2 aliphatic rings. The van der Waals surface area contributed by atoms with Crippen molar-refractivity contribution in [2.75, 3.05) is 26.7 Å². The summed E-state index contributed by atoms with van der Waals surface area (Å²) in [4.78, 5) is 35.4. The maximum absolute atomic E-state index is 12.6. The lowest BCUT2D eigenvalue weighted by molar-refractivity contribution is -0.143. The van der Waals surface area contributed by atoms with Crippen molar-refractivity contribution in [1.82, 2.24) is 19.2 Å². The molecular formula is C17H22N4O2S. The summed E-state index contributed by atoms with van der Waals surface area (Å²) in [6.07, 6.45) is 4.80. The minimum absolute atomic E-state index is 0.0262. The summed E-state index contributed by atoms with van der Waals surface area (Å²) in [7, 11) is 1.90. The Bertz CT molecular complexity index is 858. The molecule has 2 aliphatic heterocycles. The lowest BCUT2D eigenvalue weighted by Gasteiger charge is -2.37. The summed E-state index contributed by atoms with van der Waals surface area (Å²) in [6.45, 7) is 5.16. The van der Waals surface area contributed by atoms with Crippen molar-refractivity contribution in [2.45, 2.75) is 32.7 Å². The average Bonchev–Trinajstić information content (AvgIpc) is 3.09. The van der Waals surface area contributed by atoms with Gasteiger partial charge in [-0.25, -0.2) is 4.98 Å². The number of carbonyl (C=O) groups excluding carboxylic acids is 1. The van der Waals surface area contributed by atoms with E-state index in [9.17, 15) is 9.59 Å². The fraction of sp³-hybridized carbons (Fsp3) is 0.588. The second-order valence-electron chi connectivity index (χ2n) is 7.15. The number of carbonyl (C=O) groups is 1. The molecule has 1 spiro atoms. The molecule has 2 aromatic rings. The summed E-state index contributed by atoms with van der Waals surface area (Å²) in [5, 5.41) is 0. The third-order valence-corrected chi connectivity index (χ3v) is 6.20. The molecule has 128 valence electrons. The zero-order valence-corrected chi connectivity index (χ0v) is 14.9. The normalized spacial score (nSPS) is 25.2. The van der Waals surface area contributed by atoms with E-state index >= 15 is 0 Å². The predicted octanol–water partition coefficient (Wildman–Crippen LogP) is 1.51. The third-order valence-electron chi connectivity index (χ3n) is 5.30. The fourth-order valence-corrected chi connectivity index (χ4v) is 4.96. The first-order valence-electron chi connectivity index (χ1n) is 8.44. The van der Waals surface area contributed by atoms with Gasteiger partial charge in [0.2, 0.25) is 5.91 Å². The van der Waals surface area contributed by atoms with E-state index in [2.05, 4.69) is 9.88 Å². The van der Waals surface area contributed by atoms with Crippen LogP contribution in [0.1, 0.15) is 29.8 Å². The number of likely N-dealkylation sites (tertiary alicyclic amines) is 2. The van der Waals surface area contributed by atoms with Crippen LogP contribution in [0.4, 0.5) is 0 Å². The van der Waals surface area contributed by atoms with Crippen LogP contribution >= 0.6 is 11.3 Å². The Balaban J connectivity index is 1.54. The minimum Gasteiger partial charge on any atom is -0.345 e. The molecule has 2 saturated heterocycles. The molecule has 6 nitrogen and oxygen atoms in total. The first-order chi connectivity index (χ1) is 11.5. The molecule has 0 bridgehead atoms. The van der Waals surface area contributed by atoms with Gasteiger partial charge >= 0.3 is 0 Å².